The number of carbonyl (C=O) groups excluding carboxylic acids is 1. The van der Waals surface area contributed by atoms with E-state index in [0.29, 0.717) is 18.4 Å². The summed E-state index contributed by atoms with van der Waals surface area (Å²) in [5, 5.41) is 12.2. The Morgan fingerprint density at radius 2 is 1.50 bits per heavy atom. The van der Waals surface area contributed by atoms with Gasteiger partial charge in [-0.05, 0) is 115 Å². The minimum Gasteiger partial charge on any atom is -0.544 e. The van der Waals surface area contributed by atoms with Gasteiger partial charge in [0, 0.05) is 25.2 Å². The molecule has 1 aliphatic carbocycles. The fourth-order valence-corrected chi connectivity index (χ4v) is 6.47. The molecule has 0 aliphatic heterocycles. The Balaban J connectivity index is 0.000000271. The molecule has 4 rings (SSSR count). The maximum atomic E-state index is 12.2. The molecular weight excluding hydrogens is 661 g/mol. The Morgan fingerprint density at radius 1 is 0.880 bits per heavy atom. The van der Waals surface area contributed by atoms with Crippen molar-refractivity contribution in [1.29, 1.82) is 0 Å². The number of ether oxygens (including phenoxy) is 1. The average Bonchev–Trinajstić information content (AvgIpc) is 3.78. The molecule has 2 aromatic carbocycles. The summed E-state index contributed by atoms with van der Waals surface area (Å²) in [6.45, 7) is 23.1. The number of aromatic nitrogens is 1. The summed E-state index contributed by atoms with van der Waals surface area (Å²) in [6, 6.07) is 21.7. The van der Waals surface area contributed by atoms with Gasteiger partial charge in [0.2, 0.25) is 8.32 Å². The van der Waals surface area contributed by atoms with Gasteiger partial charge >= 0.3 is 11.9 Å². The van der Waals surface area contributed by atoms with Crippen molar-refractivity contribution in [3.8, 4) is 11.5 Å². The lowest BCUT2D eigenvalue weighted by atomic mass is 10.1. The van der Waals surface area contributed by atoms with E-state index in [1.807, 2.05) is 66.7 Å². The number of carboxylic acids is 1. The molecule has 2 atom stereocenters. The summed E-state index contributed by atoms with van der Waals surface area (Å²) >= 11 is 0. The second kappa shape index (κ2) is 17.4. The number of nitrogens with zero attached hydrogens (tertiary/aromatic N) is 1. The van der Waals surface area contributed by atoms with Gasteiger partial charge in [-0.25, -0.2) is 9.78 Å². The van der Waals surface area contributed by atoms with E-state index in [0.717, 1.165) is 42.3 Å². The molecule has 0 saturated heterocycles. The van der Waals surface area contributed by atoms with E-state index in [9.17, 15) is 9.59 Å². The van der Waals surface area contributed by atoms with E-state index in [-0.39, 0.29) is 22.5 Å². The summed E-state index contributed by atoms with van der Waals surface area (Å²) in [6.07, 6.45) is 7.22. The van der Waals surface area contributed by atoms with Crippen LogP contribution in [0.5, 0.6) is 11.5 Å². The first-order chi connectivity index (χ1) is 23.3. The van der Waals surface area contributed by atoms with Gasteiger partial charge < -0.3 is 24.0 Å². The van der Waals surface area contributed by atoms with Crippen molar-refractivity contribution in [2.75, 3.05) is 18.5 Å². The van der Waals surface area contributed by atoms with E-state index in [1.54, 1.807) is 12.3 Å². The molecule has 2 unspecified atom stereocenters. The van der Waals surface area contributed by atoms with Crippen molar-refractivity contribution in [2.24, 2.45) is 5.92 Å². The highest BCUT2D eigenvalue weighted by molar-refractivity contribution is 6.75. The molecule has 1 fully saturated rings. The molecular formula is C40H58N2O6Si2. The number of rotatable bonds is 14. The number of carboxylic acid groups (broad SMARTS) is 1. The van der Waals surface area contributed by atoms with Crippen LogP contribution in [0.1, 0.15) is 77.8 Å². The Morgan fingerprint density at radius 3 is 2.06 bits per heavy atom. The first kappa shape index (κ1) is 40.5. The molecule has 0 spiro atoms. The van der Waals surface area contributed by atoms with Crippen molar-refractivity contribution in [2.45, 2.75) is 103 Å². The largest absolute Gasteiger partial charge is 0.544 e. The van der Waals surface area contributed by atoms with E-state index in [2.05, 4.69) is 78.0 Å². The van der Waals surface area contributed by atoms with Gasteiger partial charge in [-0.2, -0.15) is 0 Å². The first-order valence-electron chi connectivity index (χ1n) is 17.6. The second-order valence-corrected chi connectivity index (χ2v) is 25.5. The molecule has 3 aromatic rings. The quantitative estimate of drug-likeness (QED) is 0.0964. The highest BCUT2D eigenvalue weighted by atomic mass is 28.4. The van der Waals surface area contributed by atoms with Crippen LogP contribution in [0.15, 0.2) is 79.0 Å². The van der Waals surface area contributed by atoms with Gasteiger partial charge in [0.25, 0.3) is 8.32 Å². The average molecular weight is 719 g/mol. The first-order valence-corrected chi connectivity index (χ1v) is 23.4. The normalized spacial score (nSPS) is 16.2. The number of carbonyl (C=O) groups is 2. The number of nitrogens with one attached hydrogen (secondary N) is 1. The minimum absolute atomic E-state index is 0.0131. The third-order valence-electron chi connectivity index (χ3n) is 9.86. The van der Waals surface area contributed by atoms with Crippen LogP contribution < -0.4 is 14.5 Å². The second-order valence-electron chi connectivity index (χ2n) is 16.1. The highest BCUT2D eigenvalue weighted by Crippen LogP contribution is 2.49. The molecule has 50 heavy (non-hydrogen) atoms. The summed E-state index contributed by atoms with van der Waals surface area (Å²) in [5.74, 6) is 2.34. The number of hydrogen-bond acceptors (Lipinski definition) is 7. The predicted molar refractivity (Wildman–Crippen MR) is 209 cm³/mol. The van der Waals surface area contributed by atoms with Crippen LogP contribution in [-0.4, -0.2) is 51.8 Å². The number of aliphatic carboxylic acids is 1. The summed E-state index contributed by atoms with van der Waals surface area (Å²) < 4.78 is 17.8. The SMILES string of the molecule is CC(C)(C)[Si](C)(C)OC(=O)/C=C/c1ccc(O[Si](C)(C)C(C)(C)C)cc1.O=C(O)CC1CC1c1ccc(OCCCNc2ccccn2)cc1. The van der Waals surface area contributed by atoms with Gasteiger partial charge in [-0.1, -0.05) is 71.9 Å². The zero-order valence-electron chi connectivity index (χ0n) is 31.7. The predicted octanol–water partition coefficient (Wildman–Crippen LogP) is 10.2. The molecule has 1 heterocycles. The van der Waals surface area contributed by atoms with Crippen molar-refractivity contribution < 1.29 is 28.3 Å². The zero-order chi connectivity index (χ0) is 37.2. The molecule has 2 N–H and O–H groups in total. The third-order valence-corrected chi connectivity index (χ3v) is 18.5. The van der Waals surface area contributed by atoms with Crippen molar-refractivity contribution in [1.82, 2.24) is 4.98 Å². The molecule has 272 valence electrons. The van der Waals surface area contributed by atoms with Crippen LogP contribution in [0, 0.1) is 5.92 Å². The molecule has 0 amide bonds. The van der Waals surface area contributed by atoms with Gasteiger partial charge in [0.15, 0.2) is 0 Å². The Kier molecular flexibility index (Phi) is 14.1. The topological polar surface area (TPSA) is 107 Å². The van der Waals surface area contributed by atoms with E-state index in [1.165, 1.54) is 11.6 Å². The maximum Gasteiger partial charge on any atom is 0.317 e. The Bertz CT molecular complexity index is 1540. The number of hydrogen-bond donors (Lipinski definition) is 2. The summed E-state index contributed by atoms with van der Waals surface area (Å²) in [7, 11) is -3.91. The van der Waals surface area contributed by atoms with Crippen molar-refractivity contribution >= 4 is 40.5 Å². The summed E-state index contributed by atoms with van der Waals surface area (Å²) in [5.41, 5.74) is 2.17. The molecule has 8 nitrogen and oxygen atoms in total. The van der Waals surface area contributed by atoms with Gasteiger partial charge in [0.1, 0.15) is 17.3 Å². The van der Waals surface area contributed by atoms with Gasteiger partial charge in [-0.15, -0.1) is 0 Å². The number of anilines is 1. The molecule has 10 heteroatoms. The van der Waals surface area contributed by atoms with Crippen LogP contribution in [-0.2, 0) is 14.0 Å². The van der Waals surface area contributed by atoms with E-state index >= 15 is 0 Å². The van der Waals surface area contributed by atoms with Crippen molar-refractivity contribution in [3.05, 3.63) is 90.1 Å². The fraction of sp³-hybridized carbons (Fsp3) is 0.475. The Hall–Kier alpha value is -3.90. The number of pyridine rings is 1. The maximum absolute atomic E-state index is 12.2. The van der Waals surface area contributed by atoms with Crippen LogP contribution in [0.25, 0.3) is 6.08 Å². The van der Waals surface area contributed by atoms with Crippen LogP contribution in [0.4, 0.5) is 5.82 Å². The van der Waals surface area contributed by atoms with Crippen LogP contribution in [0.2, 0.25) is 36.3 Å². The lowest BCUT2D eigenvalue weighted by Crippen LogP contribution is -2.43. The fourth-order valence-electron chi connectivity index (χ4n) is 4.56. The van der Waals surface area contributed by atoms with Crippen molar-refractivity contribution in [3.63, 3.8) is 0 Å². The van der Waals surface area contributed by atoms with E-state index < -0.39 is 22.6 Å². The van der Waals surface area contributed by atoms with E-state index in [4.69, 9.17) is 18.7 Å². The standard InChI is InChI=1S/C21H36O3Si2.C19H22N2O3/c1-20(2,3)25(7,8)23-18-14-11-17(12-15-18)13-16-19(22)24-26(9,10)21(4,5)6;22-19(23)13-15-12-17(15)14-5-7-16(8-6-14)24-11-3-10-21-18-4-1-2-9-20-18/h11-16H,1-10H3;1-2,4-9,15,17H,3,10-13H2,(H,20,21)(H,22,23)/b16-13+;. The Labute approximate surface area is 301 Å². The van der Waals surface area contributed by atoms with Gasteiger partial charge in [-0.3, -0.25) is 4.79 Å². The molecule has 0 bridgehead atoms. The minimum atomic E-state index is -2.08. The third kappa shape index (κ3) is 13.1. The lowest BCUT2D eigenvalue weighted by Gasteiger charge is -2.36. The molecule has 1 saturated carbocycles. The van der Waals surface area contributed by atoms with Crippen LogP contribution >= 0.6 is 0 Å². The monoisotopic (exact) mass is 718 g/mol. The molecule has 1 aromatic heterocycles. The summed E-state index contributed by atoms with van der Waals surface area (Å²) in [4.78, 5) is 27.1. The molecule has 0 radical (unpaired) electrons. The van der Waals surface area contributed by atoms with Crippen LogP contribution in [0.3, 0.4) is 0 Å². The smallest absolute Gasteiger partial charge is 0.317 e. The number of benzene rings is 2. The zero-order valence-corrected chi connectivity index (χ0v) is 33.7. The lowest BCUT2D eigenvalue weighted by molar-refractivity contribution is -0.137. The molecule has 1 aliphatic rings. The van der Waals surface area contributed by atoms with Gasteiger partial charge in [0.05, 0.1) is 6.61 Å². The highest BCUT2D eigenvalue weighted by Gasteiger charge is 2.41.